The van der Waals surface area contributed by atoms with E-state index in [1.165, 1.54) is 27.1 Å². The number of hydrogen-bond donors (Lipinski definition) is 0. The molecule has 0 radical (unpaired) electrons. The van der Waals surface area contributed by atoms with Crippen LogP contribution in [0.5, 0.6) is 0 Å². The highest BCUT2D eigenvalue weighted by Gasteiger charge is 2.26. The summed E-state index contributed by atoms with van der Waals surface area (Å²) in [4.78, 5) is 17.9. The Labute approximate surface area is 166 Å². The molecule has 146 valence electrons. The number of nitrogens with zero attached hydrogens (tertiary/aromatic N) is 2. The molecule has 0 saturated carbocycles. The normalized spacial score (nSPS) is 15.8. The molecule has 0 aliphatic carbocycles. The van der Waals surface area contributed by atoms with Gasteiger partial charge >= 0.3 is 6.09 Å². The highest BCUT2D eigenvalue weighted by atomic mass is 32.1. The third kappa shape index (κ3) is 5.11. The molecule has 1 fully saturated rings. The van der Waals surface area contributed by atoms with Crippen molar-refractivity contribution in [3.8, 4) is 10.4 Å². The Hall–Kier alpha value is -1.85. The van der Waals surface area contributed by atoms with Gasteiger partial charge in [-0.1, -0.05) is 23.8 Å². The van der Waals surface area contributed by atoms with Gasteiger partial charge in [-0.05, 0) is 62.8 Å². The molecular formula is C22H30N2O2S. The van der Waals surface area contributed by atoms with Gasteiger partial charge in [0.15, 0.2) is 0 Å². The molecule has 0 N–H and O–H groups in total. The predicted octanol–water partition coefficient (Wildman–Crippen LogP) is 5.08. The number of benzene rings is 1. The standard InChI is InChI=1S/C22H30N2O2S/c1-16-6-7-18(19(14-16)20-17(2)8-13-27-20)15-23-9-11-24(12-10-23)21(25)26-22(3,4)5/h6-8,13-14H,9-12,15H2,1-5H3. The SMILES string of the molecule is Cc1ccc(CN2CCN(C(=O)OC(C)(C)C)CC2)c(-c2sccc2C)c1. The third-order valence-electron chi connectivity index (χ3n) is 4.79. The van der Waals surface area contributed by atoms with E-state index in [1.54, 1.807) is 0 Å². The van der Waals surface area contributed by atoms with Crippen molar-refractivity contribution in [3.05, 3.63) is 46.3 Å². The summed E-state index contributed by atoms with van der Waals surface area (Å²) in [6.45, 7) is 14.1. The third-order valence-corrected chi connectivity index (χ3v) is 5.84. The zero-order valence-corrected chi connectivity index (χ0v) is 17.9. The zero-order chi connectivity index (χ0) is 19.6. The van der Waals surface area contributed by atoms with Crippen LogP contribution in [-0.2, 0) is 11.3 Å². The molecule has 1 aromatic heterocycles. The van der Waals surface area contributed by atoms with Crippen molar-refractivity contribution in [1.82, 2.24) is 9.80 Å². The first kappa shape index (κ1) is 19.9. The van der Waals surface area contributed by atoms with Gasteiger partial charge in [-0.3, -0.25) is 4.90 Å². The number of hydrogen-bond acceptors (Lipinski definition) is 4. The van der Waals surface area contributed by atoms with Crippen LogP contribution in [0.1, 0.15) is 37.5 Å². The van der Waals surface area contributed by atoms with E-state index in [-0.39, 0.29) is 6.09 Å². The minimum Gasteiger partial charge on any atom is -0.444 e. The topological polar surface area (TPSA) is 32.8 Å². The second kappa shape index (κ2) is 8.03. The molecule has 0 unspecified atom stereocenters. The average Bonchev–Trinajstić information content (AvgIpc) is 3.01. The maximum atomic E-state index is 12.2. The van der Waals surface area contributed by atoms with Gasteiger partial charge in [-0.25, -0.2) is 4.79 Å². The predicted molar refractivity (Wildman–Crippen MR) is 112 cm³/mol. The van der Waals surface area contributed by atoms with E-state index in [4.69, 9.17) is 4.74 Å². The monoisotopic (exact) mass is 386 g/mol. The molecule has 4 nitrogen and oxygen atoms in total. The smallest absolute Gasteiger partial charge is 0.410 e. The van der Waals surface area contributed by atoms with E-state index in [1.807, 2.05) is 37.0 Å². The molecule has 2 aromatic rings. The van der Waals surface area contributed by atoms with Gasteiger partial charge in [0.05, 0.1) is 0 Å². The van der Waals surface area contributed by atoms with Crippen molar-refractivity contribution in [3.63, 3.8) is 0 Å². The van der Waals surface area contributed by atoms with Crippen molar-refractivity contribution in [2.75, 3.05) is 26.2 Å². The van der Waals surface area contributed by atoms with Crippen LogP contribution in [-0.4, -0.2) is 47.7 Å². The molecule has 5 heteroatoms. The largest absolute Gasteiger partial charge is 0.444 e. The molecule has 0 atom stereocenters. The molecule has 1 aliphatic heterocycles. The van der Waals surface area contributed by atoms with Crippen LogP contribution in [0, 0.1) is 13.8 Å². The van der Waals surface area contributed by atoms with Gasteiger partial charge in [0.1, 0.15) is 5.60 Å². The number of aryl methyl sites for hydroxylation is 2. The van der Waals surface area contributed by atoms with Crippen LogP contribution in [0.15, 0.2) is 29.6 Å². The minimum atomic E-state index is -0.441. The van der Waals surface area contributed by atoms with Crippen molar-refractivity contribution >= 4 is 17.4 Å². The van der Waals surface area contributed by atoms with Gasteiger partial charge in [-0.2, -0.15) is 0 Å². The summed E-state index contributed by atoms with van der Waals surface area (Å²) in [5.41, 5.74) is 4.88. The lowest BCUT2D eigenvalue weighted by atomic mass is 10.0. The van der Waals surface area contributed by atoms with E-state index >= 15 is 0 Å². The van der Waals surface area contributed by atoms with E-state index in [2.05, 4.69) is 48.4 Å². The summed E-state index contributed by atoms with van der Waals surface area (Å²) in [6.07, 6.45) is -0.201. The first-order valence-corrected chi connectivity index (χ1v) is 10.5. The summed E-state index contributed by atoms with van der Waals surface area (Å²) < 4.78 is 5.49. The Morgan fingerprint density at radius 1 is 1.11 bits per heavy atom. The maximum absolute atomic E-state index is 12.2. The van der Waals surface area contributed by atoms with Gasteiger partial charge < -0.3 is 9.64 Å². The van der Waals surface area contributed by atoms with Crippen molar-refractivity contribution < 1.29 is 9.53 Å². The summed E-state index contributed by atoms with van der Waals surface area (Å²) in [5, 5.41) is 2.16. The molecule has 27 heavy (non-hydrogen) atoms. The first-order valence-electron chi connectivity index (χ1n) is 9.57. The molecule has 2 heterocycles. The molecule has 1 amide bonds. The molecule has 1 aliphatic rings. The molecular weight excluding hydrogens is 356 g/mol. The van der Waals surface area contributed by atoms with Crippen LogP contribution in [0.4, 0.5) is 4.79 Å². The second-order valence-corrected chi connectivity index (χ2v) is 9.25. The Morgan fingerprint density at radius 3 is 2.41 bits per heavy atom. The number of amides is 1. The number of rotatable bonds is 3. The lowest BCUT2D eigenvalue weighted by Crippen LogP contribution is -2.49. The Morgan fingerprint density at radius 2 is 1.81 bits per heavy atom. The van der Waals surface area contributed by atoms with E-state index < -0.39 is 5.60 Å². The number of thiophene rings is 1. The lowest BCUT2D eigenvalue weighted by molar-refractivity contribution is 0.0139. The summed E-state index contributed by atoms with van der Waals surface area (Å²) in [7, 11) is 0. The van der Waals surface area contributed by atoms with E-state index in [9.17, 15) is 4.79 Å². The van der Waals surface area contributed by atoms with E-state index in [0.717, 1.165) is 19.6 Å². The first-order chi connectivity index (χ1) is 12.7. The van der Waals surface area contributed by atoms with Crippen molar-refractivity contribution in [2.45, 2.75) is 46.8 Å². The van der Waals surface area contributed by atoms with Crippen LogP contribution in [0.2, 0.25) is 0 Å². The fourth-order valence-electron chi connectivity index (χ4n) is 3.34. The van der Waals surface area contributed by atoms with Crippen LogP contribution < -0.4 is 0 Å². The van der Waals surface area contributed by atoms with Gasteiger partial charge in [0.25, 0.3) is 0 Å². The van der Waals surface area contributed by atoms with Crippen molar-refractivity contribution in [1.29, 1.82) is 0 Å². The lowest BCUT2D eigenvalue weighted by Gasteiger charge is -2.35. The maximum Gasteiger partial charge on any atom is 0.410 e. The van der Waals surface area contributed by atoms with Gasteiger partial charge in [0.2, 0.25) is 0 Å². The Kier molecular flexibility index (Phi) is 5.92. The minimum absolute atomic E-state index is 0.201. The van der Waals surface area contributed by atoms with Gasteiger partial charge in [-0.15, -0.1) is 11.3 Å². The highest BCUT2D eigenvalue weighted by Crippen LogP contribution is 2.33. The second-order valence-electron chi connectivity index (χ2n) is 8.34. The summed E-state index contributed by atoms with van der Waals surface area (Å²) in [5.74, 6) is 0. The Bertz CT molecular complexity index is 799. The summed E-state index contributed by atoms with van der Waals surface area (Å²) >= 11 is 1.81. The molecule has 0 spiro atoms. The van der Waals surface area contributed by atoms with E-state index in [0.29, 0.717) is 13.1 Å². The zero-order valence-electron chi connectivity index (χ0n) is 17.0. The highest BCUT2D eigenvalue weighted by molar-refractivity contribution is 7.13. The summed E-state index contributed by atoms with van der Waals surface area (Å²) in [6, 6.07) is 8.93. The van der Waals surface area contributed by atoms with Crippen molar-refractivity contribution in [2.24, 2.45) is 0 Å². The quantitative estimate of drug-likeness (QED) is 0.737. The molecule has 3 rings (SSSR count). The van der Waals surface area contributed by atoms with Crippen LogP contribution in [0.25, 0.3) is 10.4 Å². The number of carbonyl (C=O) groups is 1. The number of carbonyl (C=O) groups excluding carboxylic acids is 1. The molecule has 0 bridgehead atoms. The Balaban J connectivity index is 1.66. The molecule has 1 aromatic carbocycles. The fourth-order valence-corrected chi connectivity index (χ4v) is 4.32. The average molecular weight is 387 g/mol. The fraction of sp³-hybridized carbons (Fsp3) is 0.500. The van der Waals surface area contributed by atoms with Gasteiger partial charge in [0, 0.05) is 37.6 Å². The van der Waals surface area contributed by atoms with Crippen LogP contribution >= 0.6 is 11.3 Å². The van der Waals surface area contributed by atoms with Crippen LogP contribution in [0.3, 0.4) is 0 Å². The number of piperazine rings is 1. The molecule has 1 saturated heterocycles. The number of ether oxygens (including phenoxy) is 1.